The molecule has 5 nitrogen and oxygen atoms in total. The van der Waals surface area contributed by atoms with Crippen LogP contribution in [-0.2, 0) is 14.3 Å². The van der Waals surface area contributed by atoms with Gasteiger partial charge in [0.1, 0.15) is 5.75 Å². The molecule has 0 radical (unpaired) electrons. The molecule has 1 aliphatic heterocycles. The first kappa shape index (κ1) is 21.2. The molecule has 1 N–H and O–H groups in total. The monoisotopic (exact) mass is 455 g/mol. The molecule has 4 rings (SSSR count). The van der Waals surface area contributed by atoms with Gasteiger partial charge >= 0.3 is 5.97 Å². The zero-order chi connectivity index (χ0) is 20.4. The summed E-state index contributed by atoms with van der Waals surface area (Å²) >= 11 is 10.3. The Hall–Kier alpha value is -1.05. The Kier molecular flexibility index (Phi) is 6.56. The Labute approximate surface area is 185 Å². The van der Waals surface area contributed by atoms with Crippen molar-refractivity contribution in [1.29, 1.82) is 0 Å². The number of halogens is 1. The van der Waals surface area contributed by atoms with Gasteiger partial charge in [-0.1, -0.05) is 18.0 Å². The van der Waals surface area contributed by atoms with E-state index >= 15 is 0 Å². The van der Waals surface area contributed by atoms with Crippen molar-refractivity contribution in [2.45, 2.75) is 36.2 Å². The minimum atomic E-state index is -0.367. The van der Waals surface area contributed by atoms with Crippen LogP contribution in [0.15, 0.2) is 18.2 Å². The zero-order valence-corrected chi connectivity index (χ0v) is 18.8. The highest BCUT2D eigenvalue weighted by Gasteiger charge is 2.55. The van der Waals surface area contributed by atoms with Gasteiger partial charge in [-0.25, -0.2) is 0 Å². The maximum absolute atomic E-state index is 12.7. The van der Waals surface area contributed by atoms with Gasteiger partial charge in [-0.3, -0.25) is 9.59 Å². The summed E-state index contributed by atoms with van der Waals surface area (Å²) in [6.07, 6.45) is 5.47. The number of carbonyl (C=O) groups is 2. The number of carbonyl (C=O) groups excluding carboxylic acids is 2. The largest absolute Gasteiger partial charge is 0.495 e. The van der Waals surface area contributed by atoms with Gasteiger partial charge in [-0.2, -0.15) is 0 Å². The number of nitrogens with one attached hydrogen (secondary N) is 1. The van der Waals surface area contributed by atoms with E-state index in [-0.39, 0.29) is 24.4 Å². The second kappa shape index (κ2) is 8.98. The summed E-state index contributed by atoms with van der Waals surface area (Å²) in [5.74, 6) is 3.48. The lowest BCUT2D eigenvalue weighted by Crippen LogP contribution is -2.48. The highest BCUT2D eigenvalue weighted by atomic mass is 35.5. The number of methoxy groups -OCH3 is 1. The lowest BCUT2D eigenvalue weighted by molar-refractivity contribution is -0.154. The third-order valence-electron chi connectivity index (χ3n) is 6.23. The van der Waals surface area contributed by atoms with Crippen molar-refractivity contribution >= 4 is 52.7 Å². The second-order valence-corrected chi connectivity index (χ2v) is 11.3. The van der Waals surface area contributed by atoms with Crippen LogP contribution in [0.3, 0.4) is 0 Å². The topological polar surface area (TPSA) is 64.6 Å². The number of thioether (sulfide) groups is 2. The van der Waals surface area contributed by atoms with Crippen LogP contribution in [0, 0.1) is 17.8 Å². The molecule has 8 heteroatoms. The lowest BCUT2D eigenvalue weighted by atomic mass is 9.67. The van der Waals surface area contributed by atoms with Crippen molar-refractivity contribution in [1.82, 2.24) is 0 Å². The van der Waals surface area contributed by atoms with Crippen molar-refractivity contribution in [3.05, 3.63) is 23.2 Å². The van der Waals surface area contributed by atoms with Crippen LogP contribution in [0.1, 0.15) is 32.1 Å². The van der Waals surface area contributed by atoms with Crippen LogP contribution >= 0.6 is 35.1 Å². The minimum Gasteiger partial charge on any atom is -0.495 e. The van der Waals surface area contributed by atoms with Gasteiger partial charge in [0.25, 0.3) is 5.91 Å². The summed E-state index contributed by atoms with van der Waals surface area (Å²) in [5.41, 5.74) is 0.543. The fraction of sp³-hybridized carbons (Fsp3) is 0.619. The molecular weight excluding hydrogens is 430 g/mol. The van der Waals surface area contributed by atoms with Gasteiger partial charge in [0.15, 0.2) is 6.61 Å². The molecule has 2 unspecified atom stereocenters. The molecule has 1 amide bonds. The van der Waals surface area contributed by atoms with Crippen LogP contribution in [0.25, 0.3) is 0 Å². The van der Waals surface area contributed by atoms with Crippen LogP contribution in [-0.4, -0.2) is 41.2 Å². The molecule has 2 atom stereocenters. The summed E-state index contributed by atoms with van der Waals surface area (Å²) in [6.45, 7) is -0.275. The summed E-state index contributed by atoms with van der Waals surface area (Å²) in [5, 5.41) is 3.12. The highest BCUT2D eigenvalue weighted by molar-refractivity contribution is 8.21. The molecule has 1 aromatic rings. The summed E-state index contributed by atoms with van der Waals surface area (Å²) < 4.78 is 10.8. The minimum absolute atomic E-state index is 0.0824. The van der Waals surface area contributed by atoms with E-state index in [1.165, 1.54) is 37.9 Å². The Morgan fingerprint density at radius 1 is 1.21 bits per heavy atom. The lowest BCUT2D eigenvalue weighted by Gasteiger charge is -2.51. The first-order valence-corrected chi connectivity index (χ1v) is 12.4. The van der Waals surface area contributed by atoms with E-state index in [1.807, 2.05) is 0 Å². The SMILES string of the molecule is COc1ccc(NC(=O)COC(=O)C2CC3CCCC(C2)C32SCCS2)cc1Cl. The van der Waals surface area contributed by atoms with Crippen LogP contribution < -0.4 is 10.1 Å². The van der Waals surface area contributed by atoms with Gasteiger partial charge in [-0.15, -0.1) is 23.5 Å². The molecule has 29 heavy (non-hydrogen) atoms. The number of rotatable bonds is 5. The Balaban J connectivity index is 1.30. The Bertz CT molecular complexity index is 768. The molecule has 3 fully saturated rings. The Morgan fingerprint density at radius 2 is 1.90 bits per heavy atom. The summed E-state index contributed by atoms with van der Waals surface area (Å²) in [6, 6.07) is 4.99. The molecular formula is C21H26ClNO4S2. The molecule has 3 aliphatic rings. The van der Waals surface area contributed by atoms with Gasteiger partial charge in [-0.05, 0) is 55.7 Å². The smallest absolute Gasteiger partial charge is 0.309 e. The van der Waals surface area contributed by atoms with E-state index in [1.54, 1.807) is 18.2 Å². The number of esters is 1. The fourth-order valence-electron chi connectivity index (χ4n) is 5.00. The number of anilines is 1. The predicted molar refractivity (Wildman–Crippen MR) is 119 cm³/mol. The van der Waals surface area contributed by atoms with Crippen molar-refractivity contribution in [3.63, 3.8) is 0 Å². The van der Waals surface area contributed by atoms with Crippen molar-refractivity contribution in [3.8, 4) is 5.75 Å². The molecule has 1 heterocycles. The zero-order valence-electron chi connectivity index (χ0n) is 16.4. The maximum atomic E-state index is 12.7. The quantitative estimate of drug-likeness (QED) is 0.641. The van der Waals surface area contributed by atoms with Crippen LogP contribution in [0.5, 0.6) is 5.75 Å². The van der Waals surface area contributed by atoms with Gasteiger partial charge in [0.05, 0.1) is 22.1 Å². The number of hydrogen-bond donors (Lipinski definition) is 1. The maximum Gasteiger partial charge on any atom is 0.309 e. The van der Waals surface area contributed by atoms with E-state index in [2.05, 4.69) is 28.8 Å². The third kappa shape index (κ3) is 4.37. The molecule has 2 saturated carbocycles. The molecule has 2 bridgehead atoms. The van der Waals surface area contributed by atoms with Gasteiger partial charge < -0.3 is 14.8 Å². The first-order chi connectivity index (χ1) is 14.0. The van der Waals surface area contributed by atoms with E-state index in [9.17, 15) is 9.59 Å². The van der Waals surface area contributed by atoms with Crippen molar-refractivity contribution in [2.75, 3.05) is 30.5 Å². The van der Waals surface area contributed by atoms with E-state index in [0.29, 0.717) is 32.4 Å². The molecule has 158 valence electrons. The second-order valence-electron chi connectivity index (χ2n) is 7.92. The summed E-state index contributed by atoms with van der Waals surface area (Å²) in [4.78, 5) is 24.9. The predicted octanol–water partition coefficient (Wildman–Crippen LogP) is 4.83. The summed E-state index contributed by atoms with van der Waals surface area (Å²) in [7, 11) is 1.53. The number of benzene rings is 1. The van der Waals surface area contributed by atoms with Gasteiger partial charge in [0.2, 0.25) is 0 Å². The number of amides is 1. The van der Waals surface area contributed by atoms with E-state index in [4.69, 9.17) is 21.1 Å². The Morgan fingerprint density at radius 3 is 2.52 bits per heavy atom. The van der Waals surface area contributed by atoms with Gasteiger partial charge in [0, 0.05) is 17.2 Å². The van der Waals surface area contributed by atoms with Crippen LogP contribution in [0.2, 0.25) is 5.02 Å². The molecule has 1 spiro atoms. The molecule has 2 aliphatic carbocycles. The van der Waals surface area contributed by atoms with Crippen molar-refractivity contribution < 1.29 is 19.1 Å². The standard InChI is InChI=1S/C21H26ClNO4S2/c1-26-18-6-5-16(11-17(18)22)23-19(24)12-27-20(25)13-9-14-3-2-4-15(10-13)21(14)28-7-8-29-21/h5-6,11,13-15H,2-4,7-10,12H2,1H3,(H,23,24). The van der Waals surface area contributed by atoms with E-state index < -0.39 is 0 Å². The first-order valence-electron chi connectivity index (χ1n) is 10.1. The molecule has 1 saturated heterocycles. The van der Waals surface area contributed by atoms with E-state index in [0.717, 1.165) is 12.8 Å². The third-order valence-corrected chi connectivity index (χ3v) is 10.5. The number of ether oxygens (including phenoxy) is 2. The average molecular weight is 456 g/mol. The molecule has 1 aromatic carbocycles. The van der Waals surface area contributed by atoms with Crippen LogP contribution in [0.4, 0.5) is 5.69 Å². The van der Waals surface area contributed by atoms with Crippen molar-refractivity contribution in [2.24, 2.45) is 17.8 Å². The normalized spacial score (nSPS) is 27.4. The molecule has 0 aromatic heterocycles. The number of hydrogen-bond acceptors (Lipinski definition) is 6. The highest BCUT2D eigenvalue weighted by Crippen LogP contribution is 2.64. The fourth-order valence-corrected chi connectivity index (χ4v) is 9.19. The average Bonchev–Trinajstić information content (AvgIpc) is 3.15.